The van der Waals surface area contributed by atoms with Crippen LogP contribution in [0, 0.1) is 0 Å². The Morgan fingerprint density at radius 1 is 0.760 bits per heavy atom. The van der Waals surface area contributed by atoms with E-state index in [0.29, 0.717) is 0 Å². The molecule has 0 radical (unpaired) electrons. The zero-order chi connectivity index (χ0) is 18.9. The van der Waals surface area contributed by atoms with Gasteiger partial charge >= 0.3 is 0 Å². The fourth-order valence-corrected chi connectivity index (χ4v) is 4.22. The second kappa shape index (κ2) is 6.63. The molecule has 12 heteroatoms. The average molecular weight is 405 g/mol. The largest absolute Gasteiger partial charge is 0.282 e. The molecule has 0 aliphatic heterocycles. The van der Waals surface area contributed by atoms with Crippen molar-refractivity contribution >= 4 is 41.4 Å². The van der Waals surface area contributed by atoms with Gasteiger partial charge in [-0.1, -0.05) is 18.2 Å². The monoisotopic (exact) mass is 405 g/mol. The smallest absolute Gasteiger partial charge is 0.262 e. The van der Waals surface area contributed by atoms with E-state index in [1.165, 1.54) is 36.4 Å². The predicted octanol–water partition coefficient (Wildman–Crippen LogP) is 0.506. The van der Waals surface area contributed by atoms with Crippen molar-refractivity contribution in [3.05, 3.63) is 48.5 Å². The maximum absolute atomic E-state index is 12.5. The molecule has 25 heavy (non-hydrogen) atoms. The Kier molecular flexibility index (Phi) is 5.09. The van der Waals surface area contributed by atoms with Crippen LogP contribution in [0.2, 0.25) is 0 Å². The molecule has 0 atom stereocenters. The van der Waals surface area contributed by atoms with Gasteiger partial charge in [0.05, 0.1) is 27.4 Å². The van der Waals surface area contributed by atoms with Gasteiger partial charge in [-0.15, -0.1) is 0 Å². The quantitative estimate of drug-likeness (QED) is 0.636. The van der Waals surface area contributed by atoms with Crippen molar-refractivity contribution in [3.63, 3.8) is 0 Å². The van der Waals surface area contributed by atoms with Gasteiger partial charge in [0.1, 0.15) is 0 Å². The lowest BCUT2D eigenvalue weighted by Gasteiger charge is -2.13. The number of para-hydroxylation sites is 2. The molecular weight excluding hydrogens is 390 g/mol. The van der Waals surface area contributed by atoms with Crippen molar-refractivity contribution < 1.29 is 25.3 Å². The Bertz CT molecular complexity index is 1110. The van der Waals surface area contributed by atoms with E-state index in [1.54, 1.807) is 0 Å². The molecule has 136 valence electrons. The molecule has 0 saturated carbocycles. The molecule has 4 N–H and O–H groups in total. The van der Waals surface area contributed by atoms with E-state index >= 15 is 0 Å². The predicted molar refractivity (Wildman–Crippen MR) is 93.5 cm³/mol. The first-order chi connectivity index (χ1) is 11.4. The van der Waals surface area contributed by atoms with E-state index in [1.807, 2.05) is 0 Å². The molecule has 0 aromatic heterocycles. The molecule has 0 aliphatic rings. The molecule has 0 saturated heterocycles. The highest BCUT2D eigenvalue weighted by molar-refractivity contribution is 7.93. The lowest BCUT2D eigenvalue weighted by molar-refractivity contribution is 0.596. The molecule has 0 bridgehead atoms. The zero-order valence-corrected chi connectivity index (χ0v) is 15.3. The van der Waals surface area contributed by atoms with E-state index in [2.05, 4.69) is 9.44 Å². The molecule has 2 rings (SSSR count). The second-order valence-electron chi connectivity index (χ2n) is 5.05. The minimum absolute atomic E-state index is 0.0195. The maximum Gasteiger partial charge on any atom is 0.262 e. The molecule has 0 unspecified atom stereocenters. The van der Waals surface area contributed by atoms with Gasteiger partial charge in [-0.05, 0) is 30.3 Å². The number of hydrogen-bond acceptors (Lipinski definition) is 6. The van der Waals surface area contributed by atoms with Crippen LogP contribution in [0.4, 0.5) is 11.4 Å². The van der Waals surface area contributed by atoms with Crippen LogP contribution < -0.4 is 14.6 Å². The van der Waals surface area contributed by atoms with Crippen LogP contribution in [0.15, 0.2) is 58.3 Å². The topological polar surface area (TPSA) is 152 Å². The highest BCUT2D eigenvalue weighted by atomic mass is 32.2. The summed E-state index contributed by atoms with van der Waals surface area (Å²) < 4.78 is 74.8. The first-order valence-corrected chi connectivity index (χ1v) is 11.5. The zero-order valence-electron chi connectivity index (χ0n) is 12.9. The second-order valence-corrected chi connectivity index (χ2v) is 10.0. The summed E-state index contributed by atoms with van der Waals surface area (Å²) in [4.78, 5) is -0.703. The number of rotatable bonds is 6. The number of primary sulfonamides is 1. The third-order valence-corrected chi connectivity index (χ3v) is 5.78. The van der Waals surface area contributed by atoms with E-state index in [9.17, 15) is 25.3 Å². The van der Waals surface area contributed by atoms with Crippen LogP contribution in [-0.4, -0.2) is 31.5 Å². The minimum Gasteiger partial charge on any atom is -0.282 e. The molecule has 2 aromatic rings. The Balaban J connectivity index is 2.44. The summed E-state index contributed by atoms with van der Waals surface area (Å²) in [5, 5.41) is 5.00. The molecular formula is C13H15N3O6S3. The van der Waals surface area contributed by atoms with Crippen LogP contribution in [0.25, 0.3) is 0 Å². The van der Waals surface area contributed by atoms with Crippen molar-refractivity contribution in [2.45, 2.75) is 9.79 Å². The third kappa shape index (κ3) is 5.16. The Hall–Kier alpha value is -2.15. The van der Waals surface area contributed by atoms with Gasteiger partial charge in [0, 0.05) is 0 Å². The van der Waals surface area contributed by atoms with Gasteiger partial charge < -0.3 is 0 Å². The summed E-state index contributed by atoms with van der Waals surface area (Å²) in [7, 11) is -11.9. The fourth-order valence-electron chi connectivity index (χ4n) is 1.88. The number of nitrogens with one attached hydrogen (secondary N) is 2. The van der Waals surface area contributed by atoms with E-state index < -0.39 is 30.1 Å². The van der Waals surface area contributed by atoms with Crippen LogP contribution in [-0.2, 0) is 30.1 Å². The lowest BCUT2D eigenvalue weighted by atomic mass is 10.3. The van der Waals surface area contributed by atoms with Gasteiger partial charge in [0.25, 0.3) is 10.0 Å². The van der Waals surface area contributed by atoms with Gasteiger partial charge in [-0.3, -0.25) is 9.44 Å². The van der Waals surface area contributed by atoms with Crippen LogP contribution in [0.1, 0.15) is 0 Å². The highest BCUT2D eigenvalue weighted by Gasteiger charge is 2.19. The molecule has 0 heterocycles. The van der Waals surface area contributed by atoms with Gasteiger partial charge in [0.15, 0.2) is 0 Å². The van der Waals surface area contributed by atoms with Crippen molar-refractivity contribution in [3.8, 4) is 0 Å². The molecule has 9 nitrogen and oxygen atoms in total. The van der Waals surface area contributed by atoms with Crippen LogP contribution in [0.5, 0.6) is 0 Å². The minimum atomic E-state index is -4.18. The number of benzene rings is 2. The number of sulfonamides is 3. The Morgan fingerprint density at radius 3 is 1.80 bits per heavy atom. The van der Waals surface area contributed by atoms with Gasteiger partial charge in [-0.25, -0.2) is 30.4 Å². The average Bonchev–Trinajstić information content (AvgIpc) is 2.47. The van der Waals surface area contributed by atoms with E-state index in [4.69, 9.17) is 5.14 Å². The standard InChI is InChI=1S/C13H15N3O6S3/c1-23(17,18)15-12-7-2-3-8-13(12)16-25(21,22)11-6-4-5-10(9-11)24(14,19)20/h2-9,15-16H,1H3,(H2,14,19,20). The summed E-state index contributed by atoms with van der Waals surface area (Å²) in [6, 6.07) is 10.2. The highest BCUT2D eigenvalue weighted by Crippen LogP contribution is 2.25. The summed E-state index contributed by atoms with van der Waals surface area (Å²) in [6.07, 6.45) is 0.924. The van der Waals surface area contributed by atoms with Crippen molar-refractivity contribution in [2.24, 2.45) is 5.14 Å². The summed E-state index contributed by atoms with van der Waals surface area (Å²) in [5.74, 6) is 0. The Labute approximate surface area is 146 Å². The van der Waals surface area contributed by atoms with Gasteiger partial charge in [-0.2, -0.15) is 0 Å². The molecule has 2 aromatic carbocycles. The third-order valence-electron chi connectivity index (χ3n) is 2.91. The maximum atomic E-state index is 12.5. The summed E-state index contributed by atoms with van der Waals surface area (Å²) >= 11 is 0. The number of hydrogen-bond donors (Lipinski definition) is 3. The number of anilines is 2. The number of nitrogens with two attached hydrogens (primary N) is 1. The van der Waals surface area contributed by atoms with Gasteiger partial charge in [0.2, 0.25) is 20.0 Å². The fraction of sp³-hybridized carbons (Fsp3) is 0.0769. The van der Waals surface area contributed by atoms with Crippen LogP contribution >= 0.6 is 0 Å². The summed E-state index contributed by atoms with van der Waals surface area (Å²) in [5.41, 5.74) is 0.00473. The van der Waals surface area contributed by atoms with Crippen molar-refractivity contribution in [1.29, 1.82) is 0 Å². The molecule has 0 fully saturated rings. The Morgan fingerprint density at radius 2 is 1.28 bits per heavy atom. The van der Waals surface area contributed by atoms with Crippen LogP contribution in [0.3, 0.4) is 0 Å². The molecule has 0 aliphatic carbocycles. The first kappa shape index (κ1) is 19.2. The molecule has 0 amide bonds. The lowest BCUT2D eigenvalue weighted by Crippen LogP contribution is -2.17. The van der Waals surface area contributed by atoms with E-state index in [0.717, 1.165) is 18.4 Å². The summed E-state index contributed by atoms with van der Waals surface area (Å²) in [6.45, 7) is 0. The van der Waals surface area contributed by atoms with E-state index in [-0.39, 0.29) is 21.2 Å². The first-order valence-electron chi connectivity index (χ1n) is 6.61. The van der Waals surface area contributed by atoms with Crippen molar-refractivity contribution in [2.75, 3.05) is 15.7 Å². The molecule has 0 spiro atoms. The van der Waals surface area contributed by atoms with Crippen molar-refractivity contribution in [1.82, 2.24) is 0 Å². The normalized spacial score (nSPS) is 12.6. The SMILES string of the molecule is CS(=O)(=O)Nc1ccccc1NS(=O)(=O)c1cccc(S(N)(=O)=O)c1.